The predicted octanol–water partition coefficient (Wildman–Crippen LogP) is 7.06. The van der Waals surface area contributed by atoms with Crippen molar-refractivity contribution in [3.8, 4) is 0 Å². The molecule has 2 rings (SSSR count). The third-order valence-corrected chi connectivity index (χ3v) is 5.52. The van der Waals surface area contributed by atoms with E-state index in [0.29, 0.717) is 5.56 Å². The Hall–Kier alpha value is -0.920. The summed E-state index contributed by atoms with van der Waals surface area (Å²) in [5.74, 6) is 0.794. The van der Waals surface area contributed by atoms with E-state index in [4.69, 9.17) is 0 Å². The first-order valence-corrected chi connectivity index (χ1v) is 9.63. The van der Waals surface area contributed by atoms with Crippen LogP contribution in [0.2, 0.25) is 0 Å². The van der Waals surface area contributed by atoms with Gasteiger partial charge in [0.1, 0.15) is 11.6 Å². The Morgan fingerprint density at radius 3 is 2.17 bits per heavy atom. The smallest absolute Gasteiger partial charge is 0.129 e. The van der Waals surface area contributed by atoms with Gasteiger partial charge in [-0.2, -0.15) is 0 Å². The molecular formula is C21H32F2. The van der Waals surface area contributed by atoms with E-state index in [1.165, 1.54) is 70.3 Å². The van der Waals surface area contributed by atoms with Crippen molar-refractivity contribution in [2.45, 2.75) is 84.0 Å². The van der Waals surface area contributed by atoms with Crippen LogP contribution in [-0.2, 0) is 6.42 Å². The molecule has 0 amide bonds. The van der Waals surface area contributed by atoms with Gasteiger partial charge < -0.3 is 0 Å². The number of benzene rings is 1. The van der Waals surface area contributed by atoms with Crippen LogP contribution in [0.3, 0.4) is 0 Å². The van der Waals surface area contributed by atoms with Gasteiger partial charge >= 0.3 is 0 Å². The molecule has 1 aromatic rings. The molecule has 0 heterocycles. The van der Waals surface area contributed by atoms with E-state index in [9.17, 15) is 8.78 Å². The molecule has 0 atom stereocenters. The maximum Gasteiger partial charge on any atom is 0.129 e. The van der Waals surface area contributed by atoms with Gasteiger partial charge in [-0.25, -0.2) is 8.78 Å². The van der Waals surface area contributed by atoms with Gasteiger partial charge in [0.2, 0.25) is 0 Å². The standard InChI is InChI=1S/C21H32F2/c1-2-3-4-5-6-7-17-8-10-18(11-9-17)12-13-19-14-15-20(22)16-21(19)23/h14-18H,2-13H2,1H3. The average molecular weight is 322 g/mol. The number of rotatable bonds is 9. The summed E-state index contributed by atoms with van der Waals surface area (Å²) in [6.45, 7) is 2.26. The highest BCUT2D eigenvalue weighted by molar-refractivity contribution is 5.18. The molecule has 0 saturated heterocycles. The van der Waals surface area contributed by atoms with Crippen LogP contribution >= 0.6 is 0 Å². The summed E-state index contributed by atoms with van der Waals surface area (Å²) in [7, 11) is 0. The van der Waals surface area contributed by atoms with Gasteiger partial charge in [0, 0.05) is 6.07 Å². The molecule has 0 unspecified atom stereocenters. The second-order valence-corrected chi connectivity index (χ2v) is 7.36. The lowest BCUT2D eigenvalue weighted by Gasteiger charge is -2.28. The molecule has 1 aliphatic carbocycles. The third kappa shape index (κ3) is 6.61. The number of aryl methyl sites for hydroxylation is 1. The molecular weight excluding hydrogens is 290 g/mol. The minimum Gasteiger partial charge on any atom is -0.207 e. The van der Waals surface area contributed by atoms with Gasteiger partial charge in [0.05, 0.1) is 0 Å². The van der Waals surface area contributed by atoms with Crippen molar-refractivity contribution in [3.05, 3.63) is 35.4 Å². The molecule has 0 aromatic heterocycles. The van der Waals surface area contributed by atoms with Gasteiger partial charge in [-0.1, -0.05) is 77.2 Å². The van der Waals surface area contributed by atoms with E-state index in [2.05, 4.69) is 6.92 Å². The van der Waals surface area contributed by atoms with Crippen molar-refractivity contribution < 1.29 is 8.78 Å². The summed E-state index contributed by atoms with van der Waals surface area (Å²) >= 11 is 0. The highest BCUT2D eigenvalue weighted by atomic mass is 19.1. The summed E-state index contributed by atoms with van der Waals surface area (Å²) in [4.78, 5) is 0. The number of halogens is 2. The van der Waals surface area contributed by atoms with Crippen LogP contribution in [0.25, 0.3) is 0 Å². The molecule has 0 aliphatic heterocycles. The molecule has 2 heteroatoms. The summed E-state index contributed by atoms with van der Waals surface area (Å²) in [5.41, 5.74) is 0.671. The maximum absolute atomic E-state index is 13.7. The van der Waals surface area contributed by atoms with E-state index in [1.807, 2.05) is 0 Å². The van der Waals surface area contributed by atoms with Crippen LogP contribution in [0.5, 0.6) is 0 Å². The van der Waals surface area contributed by atoms with Gasteiger partial charge in [0.15, 0.2) is 0 Å². The highest BCUT2D eigenvalue weighted by Gasteiger charge is 2.21. The summed E-state index contributed by atoms with van der Waals surface area (Å²) in [6, 6.07) is 3.98. The van der Waals surface area contributed by atoms with Gasteiger partial charge in [0.25, 0.3) is 0 Å². The fourth-order valence-electron chi connectivity index (χ4n) is 3.93. The van der Waals surface area contributed by atoms with Crippen LogP contribution in [0.4, 0.5) is 8.78 Å². The second kappa shape index (κ2) is 10.1. The van der Waals surface area contributed by atoms with E-state index in [0.717, 1.165) is 30.7 Å². The molecule has 0 radical (unpaired) electrons. The third-order valence-electron chi connectivity index (χ3n) is 5.52. The van der Waals surface area contributed by atoms with Gasteiger partial charge in [-0.15, -0.1) is 0 Å². The Labute approximate surface area is 140 Å². The number of hydrogen-bond donors (Lipinski definition) is 0. The summed E-state index contributed by atoms with van der Waals surface area (Å²) in [5, 5.41) is 0. The lowest BCUT2D eigenvalue weighted by Crippen LogP contribution is -2.15. The molecule has 23 heavy (non-hydrogen) atoms. The molecule has 130 valence electrons. The normalized spacial score (nSPS) is 21.5. The van der Waals surface area contributed by atoms with Crippen molar-refractivity contribution in [1.29, 1.82) is 0 Å². The molecule has 1 aromatic carbocycles. The number of unbranched alkanes of at least 4 members (excludes halogenated alkanes) is 4. The molecule has 1 fully saturated rings. The van der Waals surface area contributed by atoms with Crippen molar-refractivity contribution in [3.63, 3.8) is 0 Å². The van der Waals surface area contributed by atoms with Crippen LogP contribution in [-0.4, -0.2) is 0 Å². The topological polar surface area (TPSA) is 0 Å². The fourth-order valence-corrected chi connectivity index (χ4v) is 3.93. The molecule has 0 N–H and O–H groups in total. The summed E-state index contributed by atoms with van der Waals surface area (Å²) < 4.78 is 26.6. The van der Waals surface area contributed by atoms with Crippen LogP contribution in [0.1, 0.15) is 83.1 Å². The fraction of sp³-hybridized carbons (Fsp3) is 0.714. The Morgan fingerprint density at radius 1 is 0.870 bits per heavy atom. The number of hydrogen-bond acceptors (Lipinski definition) is 0. The SMILES string of the molecule is CCCCCCCC1CCC(CCc2ccc(F)cc2F)CC1. The minimum absolute atomic E-state index is 0.384. The molecule has 1 aliphatic rings. The van der Waals surface area contributed by atoms with Crippen LogP contribution in [0.15, 0.2) is 18.2 Å². The second-order valence-electron chi connectivity index (χ2n) is 7.36. The zero-order chi connectivity index (χ0) is 16.5. The van der Waals surface area contributed by atoms with E-state index in [-0.39, 0.29) is 5.82 Å². The predicted molar refractivity (Wildman–Crippen MR) is 93.5 cm³/mol. The van der Waals surface area contributed by atoms with E-state index in [1.54, 1.807) is 6.07 Å². The monoisotopic (exact) mass is 322 g/mol. The molecule has 0 spiro atoms. The highest BCUT2D eigenvalue weighted by Crippen LogP contribution is 2.34. The average Bonchev–Trinajstić information content (AvgIpc) is 2.55. The van der Waals surface area contributed by atoms with Crippen molar-refractivity contribution in [2.24, 2.45) is 11.8 Å². The lowest BCUT2D eigenvalue weighted by molar-refractivity contribution is 0.248. The first-order chi connectivity index (χ1) is 11.2. The van der Waals surface area contributed by atoms with E-state index >= 15 is 0 Å². The quantitative estimate of drug-likeness (QED) is 0.427. The van der Waals surface area contributed by atoms with Crippen LogP contribution in [0, 0.1) is 23.5 Å². The zero-order valence-electron chi connectivity index (χ0n) is 14.6. The Balaban J connectivity index is 1.61. The minimum atomic E-state index is -0.481. The van der Waals surface area contributed by atoms with Crippen molar-refractivity contribution in [2.75, 3.05) is 0 Å². The van der Waals surface area contributed by atoms with Crippen LogP contribution < -0.4 is 0 Å². The Morgan fingerprint density at radius 2 is 1.52 bits per heavy atom. The van der Waals surface area contributed by atoms with Crippen molar-refractivity contribution >= 4 is 0 Å². The van der Waals surface area contributed by atoms with Gasteiger partial charge in [-0.05, 0) is 36.3 Å². The van der Waals surface area contributed by atoms with Gasteiger partial charge in [-0.3, -0.25) is 0 Å². The van der Waals surface area contributed by atoms with Crippen molar-refractivity contribution in [1.82, 2.24) is 0 Å². The molecule has 0 bridgehead atoms. The zero-order valence-corrected chi connectivity index (χ0v) is 14.6. The Kier molecular flexibility index (Phi) is 8.05. The first kappa shape index (κ1) is 18.4. The largest absolute Gasteiger partial charge is 0.207 e. The van der Waals surface area contributed by atoms with E-state index < -0.39 is 5.82 Å². The molecule has 0 nitrogen and oxygen atoms in total. The molecule has 1 saturated carbocycles. The summed E-state index contributed by atoms with van der Waals surface area (Å²) in [6.07, 6.45) is 15.4. The lowest BCUT2D eigenvalue weighted by atomic mass is 9.77. The Bertz CT molecular complexity index is 447. The first-order valence-electron chi connectivity index (χ1n) is 9.63. The maximum atomic E-state index is 13.7.